The number of carbonyl (C=O) groups is 2. The molecule has 1 aromatic heterocycles. The third-order valence-corrected chi connectivity index (χ3v) is 4.57. The lowest BCUT2D eigenvalue weighted by atomic mass is 10.3. The summed E-state index contributed by atoms with van der Waals surface area (Å²) in [6.45, 7) is 5.20. The first-order chi connectivity index (χ1) is 13.0. The van der Waals surface area contributed by atoms with Gasteiger partial charge in [-0.05, 0) is 19.1 Å². The number of hydrogen-bond donors (Lipinski definition) is 2. The lowest BCUT2D eigenvalue weighted by molar-refractivity contribution is -0.120. The minimum absolute atomic E-state index is 0.101. The third kappa shape index (κ3) is 5.78. The van der Waals surface area contributed by atoms with E-state index >= 15 is 0 Å². The highest BCUT2D eigenvalue weighted by Crippen LogP contribution is 2.20. The van der Waals surface area contributed by atoms with Crippen molar-refractivity contribution < 1.29 is 14.1 Å². The largest absolute Gasteiger partial charge is 0.360 e. The molecule has 3 rings (SSSR count). The number of piperazine rings is 1. The number of nitrogens with zero attached hydrogens (tertiary/aromatic N) is 3. The average molecular weight is 392 g/mol. The molecule has 0 radical (unpaired) electrons. The maximum Gasteiger partial charge on any atom is 0.239 e. The smallest absolute Gasteiger partial charge is 0.239 e. The van der Waals surface area contributed by atoms with Gasteiger partial charge in [-0.2, -0.15) is 0 Å². The summed E-state index contributed by atoms with van der Waals surface area (Å²) in [6, 6.07) is 8.82. The molecule has 0 unspecified atom stereocenters. The van der Waals surface area contributed by atoms with Gasteiger partial charge in [0, 0.05) is 32.2 Å². The number of para-hydroxylation sites is 1. The van der Waals surface area contributed by atoms with E-state index in [1.165, 1.54) is 0 Å². The molecule has 0 bridgehead atoms. The molecular weight excluding hydrogens is 370 g/mol. The van der Waals surface area contributed by atoms with Gasteiger partial charge in [-0.1, -0.05) is 28.9 Å². The molecule has 2 amide bonds. The van der Waals surface area contributed by atoms with E-state index in [-0.39, 0.29) is 18.4 Å². The summed E-state index contributed by atoms with van der Waals surface area (Å²) in [7, 11) is 0. The van der Waals surface area contributed by atoms with Crippen LogP contribution in [0.1, 0.15) is 5.76 Å². The van der Waals surface area contributed by atoms with Crippen molar-refractivity contribution in [3.8, 4) is 0 Å². The number of benzene rings is 1. The highest BCUT2D eigenvalue weighted by atomic mass is 35.5. The lowest BCUT2D eigenvalue weighted by Gasteiger charge is -2.33. The standard InChI is InChI=1S/C18H22ClN5O3/c1-13-10-16(22-27-13)21-18(26)12-24-8-6-23(7-9-24)11-17(25)20-15-5-3-2-4-14(15)19/h2-5,10H,6-9,11-12H2,1H3,(H,20,25)(H,21,22,26). The van der Waals surface area contributed by atoms with E-state index < -0.39 is 0 Å². The van der Waals surface area contributed by atoms with E-state index in [0.717, 1.165) is 0 Å². The van der Waals surface area contributed by atoms with E-state index in [2.05, 4.69) is 20.7 Å². The molecule has 2 N–H and O–H groups in total. The van der Waals surface area contributed by atoms with Crippen molar-refractivity contribution in [1.82, 2.24) is 15.0 Å². The molecule has 1 saturated heterocycles. The Bertz CT molecular complexity index is 802. The molecule has 1 fully saturated rings. The predicted octanol–water partition coefficient (Wildman–Crippen LogP) is 1.83. The van der Waals surface area contributed by atoms with Crippen LogP contribution in [0, 0.1) is 6.92 Å². The molecule has 1 aliphatic rings. The van der Waals surface area contributed by atoms with Crippen LogP contribution in [0.3, 0.4) is 0 Å². The van der Waals surface area contributed by atoms with Gasteiger partial charge in [0.15, 0.2) is 5.82 Å². The minimum atomic E-state index is -0.131. The summed E-state index contributed by atoms with van der Waals surface area (Å²) in [4.78, 5) is 28.4. The molecule has 2 aromatic rings. The van der Waals surface area contributed by atoms with Crippen LogP contribution in [0.2, 0.25) is 5.02 Å². The quantitative estimate of drug-likeness (QED) is 0.780. The third-order valence-electron chi connectivity index (χ3n) is 4.24. The van der Waals surface area contributed by atoms with Crippen LogP contribution in [0.15, 0.2) is 34.9 Å². The topological polar surface area (TPSA) is 90.7 Å². The van der Waals surface area contributed by atoms with Crippen molar-refractivity contribution in [3.05, 3.63) is 41.1 Å². The van der Waals surface area contributed by atoms with E-state index in [1.54, 1.807) is 25.1 Å². The first kappa shape index (κ1) is 19.3. The molecule has 1 aromatic carbocycles. The van der Waals surface area contributed by atoms with Crippen LogP contribution in [0.5, 0.6) is 0 Å². The Kier molecular flexibility index (Phi) is 6.44. The van der Waals surface area contributed by atoms with Crippen LogP contribution in [0.4, 0.5) is 11.5 Å². The number of carbonyl (C=O) groups excluding carboxylic acids is 2. The van der Waals surface area contributed by atoms with Gasteiger partial charge in [-0.3, -0.25) is 19.4 Å². The number of rotatable bonds is 6. The first-order valence-corrected chi connectivity index (χ1v) is 9.09. The SMILES string of the molecule is Cc1cc(NC(=O)CN2CCN(CC(=O)Nc3ccccc3Cl)CC2)no1. The molecule has 9 heteroatoms. The Balaban J connectivity index is 1.39. The second kappa shape index (κ2) is 8.98. The minimum Gasteiger partial charge on any atom is -0.360 e. The number of aryl methyl sites for hydroxylation is 1. The molecule has 27 heavy (non-hydrogen) atoms. The molecule has 0 aliphatic carbocycles. The molecule has 2 heterocycles. The Morgan fingerprint density at radius 1 is 1.07 bits per heavy atom. The molecule has 0 spiro atoms. The van der Waals surface area contributed by atoms with Crippen LogP contribution in [-0.4, -0.2) is 66.0 Å². The van der Waals surface area contributed by atoms with Gasteiger partial charge in [0.2, 0.25) is 11.8 Å². The molecule has 1 aliphatic heterocycles. The highest BCUT2D eigenvalue weighted by Gasteiger charge is 2.21. The Morgan fingerprint density at radius 2 is 1.67 bits per heavy atom. The van der Waals surface area contributed by atoms with E-state index in [1.807, 2.05) is 17.0 Å². The number of aromatic nitrogens is 1. The van der Waals surface area contributed by atoms with Crippen molar-refractivity contribution in [1.29, 1.82) is 0 Å². The Labute approximate surface area is 162 Å². The highest BCUT2D eigenvalue weighted by molar-refractivity contribution is 6.33. The van der Waals surface area contributed by atoms with Crippen molar-refractivity contribution >= 4 is 34.9 Å². The molecule has 8 nitrogen and oxygen atoms in total. The molecule has 0 atom stereocenters. The van der Waals surface area contributed by atoms with Crippen LogP contribution in [0.25, 0.3) is 0 Å². The molecule has 0 saturated carbocycles. The van der Waals surface area contributed by atoms with Gasteiger partial charge in [-0.25, -0.2) is 0 Å². The fourth-order valence-electron chi connectivity index (χ4n) is 2.87. The summed E-state index contributed by atoms with van der Waals surface area (Å²) >= 11 is 6.05. The van der Waals surface area contributed by atoms with Gasteiger partial charge in [0.1, 0.15) is 5.76 Å². The van der Waals surface area contributed by atoms with Crippen molar-refractivity contribution in [2.75, 3.05) is 49.9 Å². The summed E-state index contributed by atoms with van der Waals surface area (Å²) in [6.07, 6.45) is 0. The second-order valence-electron chi connectivity index (χ2n) is 6.45. The van der Waals surface area contributed by atoms with Gasteiger partial charge in [-0.15, -0.1) is 0 Å². The predicted molar refractivity (Wildman–Crippen MR) is 103 cm³/mol. The Hall–Kier alpha value is -2.42. The number of halogens is 1. The number of nitrogens with one attached hydrogen (secondary N) is 2. The van der Waals surface area contributed by atoms with Crippen LogP contribution in [-0.2, 0) is 9.59 Å². The fraction of sp³-hybridized carbons (Fsp3) is 0.389. The monoisotopic (exact) mass is 391 g/mol. The Morgan fingerprint density at radius 3 is 2.22 bits per heavy atom. The normalized spacial score (nSPS) is 15.5. The number of amides is 2. The number of hydrogen-bond acceptors (Lipinski definition) is 6. The summed E-state index contributed by atoms with van der Waals surface area (Å²) in [5, 5.41) is 9.80. The fourth-order valence-corrected chi connectivity index (χ4v) is 3.05. The first-order valence-electron chi connectivity index (χ1n) is 8.72. The summed E-state index contributed by atoms with van der Waals surface area (Å²) < 4.78 is 4.93. The zero-order valence-electron chi connectivity index (χ0n) is 15.1. The summed E-state index contributed by atoms with van der Waals surface area (Å²) in [5.41, 5.74) is 0.613. The lowest BCUT2D eigenvalue weighted by Crippen LogP contribution is -2.50. The molecular formula is C18H22ClN5O3. The van der Waals surface area contributed by atoms with Crippen LogP contribution < -0.4 is 10.6 Å². The van der Waals surface area contributed by atoms with Crippen molar-refractivity contribution in [2.45, 2.75) is 6.92 Å². The maximum atomic E-state index is 12.2. The summed E-state index contributed by atoms with van der Waals surface area (Å²) in [5.74, 6) is 0.838. The van der Waals surface area contributed by atoms with Gasteiger partial charge in [0.25, 0.3) is 0 Å². The second-order valence-corrected chi connectivity index (χ2v) is 6.86. The zero-order valence-corrected chi connectivity index (χ0v) is 15.8. The maximum absolute atomic E-state index is 12.2. The van der Waals surface area contributed by atoms with E-state index in [4.69, 9.17) is 16.1 Å². The van der Waals surface area contributed by atoms with Gasteiger partial charge < -0.3 is 15.2 Å². The van der Waals surface area contributed by atoms with E-state index in [9.17, 15) is 9.59 Å². The zero-order chi connectivity index (χ0) is 19.2. The number of anilines is 2. The van der Waals surface area contributed by atoms with E-state index in [0.29, 0.717) is 55.0 Å². The van der Waals surface area contributed by atoms with Crippen molar-refractivity contribution in [3.63, 3.8) is 0 Å². The molecule has 144 valence electrons. The van der Waals surface area contributed by atoms with Gasteiger partial charge >= 0.3 is 0 Å². The van der Waals surface area contributed by atoms with Gasteiger partial charge in [0.05, 0.1) is 23.8 Å². The van der Waals surface area contributed by atoms with Crippen molar-refractivity contribution in [2.24, 2.45) is 0 Å². The average Bonchev–Trinajstić information content (AvgIpc) is 3.03. The van der Waals surface area contributed by atoms with Crippen LogP contribution >= 0.6 is 11.6 Å².